The molecule has 1 aromatic carbocycles. The first-order valence-corrected chi connectivity index (χ1v) is 6.38. The summed E-state index contributed by atoms with van der Waals surface area (Å²) in [4.78, 5) is 11.6. The van der Waals surface area contributed by atoms with Gasteiger partial charge in [0.15, 0.2) is 0 Å². The van der Waals surface area contributed by atoms with Crippen molar-refractivity contribution < 1.29 is 22.7 Å². The Labute approximate surface area is 116 Å². The minimum atomic E-state index is -4.43. The molecule has 0 aromatic heterocycles. The monoisotopic (exact) mass is 289 g/mol. The number of nitrogens with one attached hydrogen (secondary N) is 1. The number of ether oxygens (including phenoxy) is 1. The summed E-state index contributed by atoms with van der Waals surface area (Å²) in [6.45, 7) is 3.32. The zero-order chi connectivity index (χ0) is 15.2. The van der Waals surface area contributed by atoms with Gasteiger partial charge in [-0.1, -0.05) is 30.3 Å². The molecule has 0 amide bonds. The fourth-order valence-electron chi connectivity index (χ4n) is 1.82. The van der Waals surface area contributed by atoms with Gasteiger partial charge in [-0.15, -0.1) is 0 Å². The molecule has 0 bridgehead atoms. The van der Waals surface area contributed by atoms with Crippen LogP contribution in [0.3, 0.4) is 0 Å². The average molecular weight is 289 g/mol. The molecular weight excluding hydrogens is 271 g/mol. The topological polar surface area (TPSA) is 38.3 Å². The summed E-state index contributed by atoms with van der Waals surface area (Å²) < 4.78 is 42.2. The van der Waals surface area contributed by atoms with E-state index in [2.05, 4.69) is 10.1 Å². The Balaban J connectivity index is 2.76. The fourth-order valence-corrected chi connectivity index (χ4v) is 1.82. The summed E-state index contributed by atoms with van der Waals surface area (Å²) >= 11 is 0. The largest absolute Gasteiger partial charge is 0.465 e. The van der Waals surface area contributed by atoms with Gasteiger partial charge in [-0.25, -0.2) is 0 Å². The van der Waals surface area contributed by atoms with Crippen molar-refractivity contribution in [2.75, 3.05) is 6.61 Å². The van der Waals surface area contributed by atoms with E-state index in [1.54, 1.807) is 38.1 Å². The van der Waals surface area contributed by atoms with Crippen molar-refractivity contribution in [1.29, 1.82) is 0 Å². The number of alkyl halides is 3. The lowest BCUT2D eigenvalue weighted by atomic mass is 10.1. The zero-order valence-corrected chi connectivity index (χ0v) is 11.4. The summed E-state index contributed by atoms with van der Waals surface area (Å²) in [5, 5.41) is 2.68. The van der Waals surface area contributed by atoms with Gasteiger partial charge in [0.2, 0.25) is 0 Å². The molecule has 0 fully saturated rings. The Bertz CT molecular complexity index is 420. The van der Waals surface area contributed by atoms with E-state index in [1.165, 1.54) is 0 Å². The molecule has 20 heavy (non-hydrogen) atoms. The van der Waals surface area contributed by atoms with Crippen molar-refractivity contribution in [3.63, 3.8) is 0 Å². The van der Waals surface area contributed by atoms with Crippen molar-refractivity contribution in [3.05, 3.63) is 35.9 Å². The van der Waals surface area contributed by atoms with Crippen LogP contribution in [0.15, 0.2) is 30.3 Å². The Morgan fingerprint density at radius 1 is 1.30 bits per heavy atom. The number of hydrogen-bond donors (Lipinski definition) is 1. The van der Waals surface area contributed by atoms with Crippen LogP contribution in [0, 0.1) is 0 Å². The third-order valence-electron chi connectivity index (χ3n) is 2.76. The summed E-state index contributed by atoms with van der Waals surface area (Å²) in [7, 11) is 0. The normalized spacial score (nSPS) is 14.7. The van der Waals surface area contributed by atoms with Crippen molar-refractivity contribution in [1.82, 2.24) is 5.32 Å². The predicted molar refractivity (Wildman–Crippen MR) is 69.1 cm³/mol. The Morgan fingerprint density at radius 3 is 2.40 bits per heavy atom. The molecule has 1 N–H and O–H groups in total. The molecule has 0 aliphatic rings. The van der Waals surface area contributed by atoms with Crippen molar-refractivity contribution >= 4 is 5.97 Å². The molecule has 1 aromatic rings. The molecule has 0 radical (unpaired) electrons. The van der Waals surface area contributed by atoms with Crippen LogP contribution >= 0.6 is 0 Å². The lowest BCUT2D eigenvalue weighted by molar-refractivity contribution is -0.162. The molecule has 112 valence electrons. The van der Waals surface area contributed by atoms with E-state index in [-0.39, 0.29) is 12.6 Å². The molecule has 3 nitrogen and oxygen atoms in total. The molecule has 2 unspecified atom stereocenters. The van der Waals surface area contributed by atoms with Crippen LogP contribution in [0.4, 0.5) is 13.2 Å². The first-order chi connectivity index (χ1) is 9.33. The molecule has 2 atom stereocenters. The number of hydrogen-bond acceptors (Lipinski definition) is 3. The number of rotatable bonds is 6. The third kappa shape index (κ3) is 5.61. The fraction of sp³-hybridized carbons (Fsp3) is 0.500. The van der Waals surface area contributed by atoms with Gasteiger partial charge in [-0.2, -0.15) is 13.2 Å². The van der Waals surface area contributed by atoms with E-state index >= 15 is 0 Å². The molecule has 6 heteroatoms. The van der Waals surface area contributed by atoms with Crippen LogP contribution in [0.25, 0.3) is 0 Å². The van der Waals surface area contributed by atoms with E-state index in [4.69, 9.17) is 0 Å². The third-order valence-corrected chi connectivity index (χ3v) is 2.76. The number of benzene rings is 1. The maximum Gasteiger partial charge on any atom is 0.391 e. The molecule has 0 saturated carbocycles. The Kier molecular flexibility index (Phi) is 6.01. The van der Waals surface area contributed by atoms with Gasteiger partial charge in [0.25, 0.3) is 0 Å². The smallest absolute Gasteiger partial charge is 0.391 e. The van der Waals surface area contributed by atoms with Gasteiger partial charge in [-0.05, 0) is 19.4 Å². The Morgan fingerprint density at radius 2 is 1.90 bits per heavy atom. The van der Waals surface area contributed by atoms with Crippen LogP contribution in [0.5, 0.6) is 0 Å². The van der Waals surface area contributed by atoms with Gasteiger partial charge in [-0.3, -0.25) is 10.1 Å². The van der Waals surface area contributed by atoms with E-state index < -0.39 is 24.6 Å². The first-order valence-electron chi connectivity index (χ1n) is 6.38. The highest BCUT2D eigenvalue weighted by Gasteiger charge is 2.36. The zero-order valence-electron chi connectivity index (χ0n) is 11.4. The van der Waals surface area contributed by atoms with E-state index in [0.717, 1.165) is 5.56 Å². The summed E-state index contributed by atoms with van der Waals surface area (Å²) in [6, 6.07) is 7.18. The lowest BCUT2D eigenvalue weighted by Crippen LogP contribution is -2.42. The van der Waals surface area contributed by atoms with Gasteiger partial charge < -0.3 is 4.74 Å². The molecule has 0 aliphatic carbocycles. The summed E-state index contributed by atoms with van der Waals surface area (Å²) in [5.41, 5.74) is 0.809. The number of carbonyl (C=O) groups is 1. The van der Waals surface area contributed by atoms with Crippen LogP contribution in [0.1, 0.15) is 31.9 Å². The van der Waals surface area contributed by atoms with Gasteiger partial charge in [0.1, 0.15) is 6.04 Å². The number of carbonyl (C=O) groups excluding carboxylic acids is 1. The van der Waals surface area contributed by atoms with Crippen molar-refractivity contribution in [2.24, 2.45) is 0 Å². The second kappa shape index (κ2) is 7.28. The highest BCUT2D eigenvalue weighted by Crippen LogP contribution is 2.24. The second-order valence-corrected chi connectivity index (χ2v) is 4.42. The standard InChI is InChI=1S/C14H18F3NO2/c1-3-20-13(19)12(9-14(15,16)17)18-10(2)11-7-5-4-6-8-11/h4-8,10,12,18H,3,9H2,1-2H3. The SMILES string of the molecule is CCOC(=O)C(CC(F)(F)F)NC(C)c1ccccc1. The Hall–Kier alpha value is -1.56. The van der Waals surface area contributed by atoms with Crippen LogP contribution in [0.2, 0.25) is 0 Å². The molecular formula is C14H18F3NO2. The van der Waals surface area contributed by atoms with Gasteiger partial charge >= 0.3 is 12.1 Å². The lowest BCUT2D eigenvalue weighted by Gasteiger charge is -2.23. The molecule has 0 spiro atoms. The van der Waals surface area contributed by atoms with Crippen molar-refractivity contribution in [2.45, 2.75) is 38.5 Å². The minimum absolute atomic E-state index is 0.0502. The van der Waals surface area contributed by atoms with Crippen LogP contribution < -0.4 is 5.32 Å². The molecule has 0 aliphatic heterocycles. The van der Waals surface area contributed by atoms with Gasteiger partial charge in [0.05, 0.1) is 13.0 Å². The van der Waals surface area contributed by atoms with Crippen LogP contribution in [-0.4, -0.2) is 24.8 Å². The number of esters is 1. The number of halogens is 3. The molecule has 0 heterocycles. The second-order valence-electron chi connectivity index (χ2n) is 4.42. The maximum absolute atomic E-state index is 12.5. The van der Waals surface area contributed by atoms with E-state index in [1.807, 2.05) is 6.07 Å². The van der Waals surface area contributed by atoms with E-state index in [0.29, 0.717) is 0 Å². The van der Waals surface area contributed by atoms with Gasteiger partial charge in [0, 0.05) is 6.04 Å². The first kappa shape index (κ1) is 16.5. The highest BCUT2D eigenvalue weighted by molar-refractivity contribution is 5.75. The summed E-state index contributed by atoms with van der Waals surface area (Å²) in [5.74, 6) is -0.882. The van der Waals surface area contributed by atoms with Crippen molar-refractivity contribution in [3.8, 4) is 0 Å². The maximum atomic E-state index is 12.5. The molecule has 1 rings (SSSR count). The van der Waals surface area contributed by atoms with E-state index in [9.17, 15) is 18.0 Å². The highest BCUT2D eigenvalue weighted by atomic mass is 19.4. The quantitative estimate of drug-likeness (QED) is 0.817. The van der Waals surface area contributed by atoms with Crippen LogP contribution in [-0.2, 0) is 9.53 Å². The average Bonchev–Trinajstić information content (AvgIpc) is 2.37. The predicted octanol–water partition coefficient (Wildman–Crippen LogP) is 3.22. The minimum Gasteiger partial charge on any atom is -0.465 e. The summed E-state index contributed by atoms with van der Waals surface area (Å²) in [6.07, 6.45) is -5.68. The molecule has 0 saturated heterocycles.